The number of anilines is 3. The SMILES string of the molecule is COc1ccccc1-c1cccn2nc(Nc3ccc(NC(C)=O)cc3)nc12. The molecule has 0 aliphatic rings. The van der Waals surface area contributed by atoms with E-state index in [1.807, 2.05) is 66.9 Å². The van der Waals surface area contributed by atoms with Crippen LogP contribution in [0.3, 0.4) is 0 Å². The number of rotatable bonds is 5. The van der Waals surface area contributed by atoms with Gasteiger partial charge in [0.15, 0.2) is 5.65 Å². The fourth-order valence-electron chi connectivity index (χ4n) is 3.01. The van der Waals surface area contributed by atoms with E-state index in [1.165, 1.54) is 6.92 Å². The van der Waals surface area contributed by atoms with Crippen molar-refractivity contribution in [1.29, 1.82) is 0 Å². The van der Waals surface area contributed by atoms with E-state index in [9.17, 15) is 4.79 Å². The van der Waals surface area contributed by atoms with Crippen molar-refractivity contribution in [1.82, 2.24) is 14.6 Å². The summed E-state index contributed by atoms with van der Waals surface area (Å²) in [5.41, 5.74) is 4.17. The van der Waals surface area contributed by atoms with Gasteiger partial charge in [-0.15, -0.1) is 5.10 Å². The standard InChI is InChI=1S/C21H19N5O2/c1-14(27)22-15-9-11-16(12-10-15)23-21-24-20-18(7-5-13-26(20)25-21)17-6-3-4-8-19(17)28-2/h3-13H,1-2H3,(H,22,27)(H,23,25). The third kappa shape index (κ3) is 3.50. The van der Waals surface area contributed by atoms with Crippen molar-refractivity contribution in [2.45, 2.75) is 6.92 Å². The molecule has 2 aromatic carbocycles. The van der Waals surface area contributed by atoms with E-state index >= 15 is 0 Å². The van der Waals surface area contributed by atoms with Gasteiger partial charge in [-0.05, 0) is 42.5 Å². The number of benzene rings is 2. The molecule has 1 amide bonds. The molecule has 28 heavy (non-hydrogen) atoms. The summed E-state index contributed by atoms with van der Waals surface area (Å²) in [6, 6.07) is 19.1. The van der Waals surface area contributed by atoms with Crippen LogP contribution in [0.1, 0.15) is 6.92 Å². The molecule has 0 spiro atoms. The van der Waals surface area contributed by atoms with Crippen LogP contribution in [0.4, 0.5) is 17.3 Å². The van der Waals surface area contributed by atoms with E-state index in [4.69, 9.17) is 4.74 Å². The first kappa shape index (κ1) is 17.5. The average molecular weight is 373 g/mol. The molecule has 0 aliphatic heterocycles. The number of carbonyl (C=O) groups excluding carboxylic acids is 1. The number of pyridine rings is 1. The Balaban J connectivity index is 1.66. The number of ether oxygens (including phenoxy) is 1. The lowest BCUT2D eigenvalue weighted by molar-refractivity contribution is -0.114. The molecular weight excluding hydrogens is 354 g/mol. The number of hydrogen-bond acceptors (Lipinski definition) is 5. The summed E-state index contributed by atoms with van der Waals surface area (Å²) in [7, 11) is 1.65. The maximum atomic E-state index is 11.1. The van der Waals surface area contributed by atoms with Gasteiger partial charge in [0.1, 0.15) is 5.75 Å². The van der Waals surface area contributed by atoms with Gasteiger partial charge in [0, 0.05) is 35.6 Å². The summed E-state index contributed by atoms with van der Waals surface area (Å²) in [5, 5.41) is 10.4. The van der Waals surface area contributed by atoms with Gasteiger partial charge in [-0.3, -0.25) is 4.79 Å². The van der Waals surface area contributed by atoms with Gasteiger partial charge in [0.25, 0.3) is 0 Å². The van der Waals surface area contributed by atoms with E-state index < -0.39 is 0 Å². The summed E-state index contributed by atoms with van der Waals surface area (Å²) < 4.78 is 7.22. The predicted molar refractivity (Wildman–Crippen MR) is 109 cm³/mol. The average Bonchev–Trinajstić information content (AvgIpc) is 3.11. The largest absolute Gasteiger partial charge is 0.496 e. The first-order chi connectivity index (χ1) is 13.6. The molecule has 0 saturated heterocycles. The van der Waals surface area contributed by atoms with Crippen LogP contribution in [0.5, 0.6) is 5.75 Å². The second-order valence-electron chi connectivity index (χ2n) is 6.21. The van der Waals surface area contributed by atoms with E-state index in [0.29, 0.717) is 5.95 Å². The Hall–Kier alpha value is -3.87. The van der Waals surface area contributed by atoms with Gasteiger partial charge in [-0.25, -0.2) is 4.52 Å². The number of hydrogen-bond donors (Lipinski definition) is 2. The number of nitrogens with zero attached hydrogens (tertiary/aromatic N) is 3. The first-order valence-electron chi connectivity index (χ1n) is 8.77. The molecule has 0 radical (unpaired) electrons. The lowest BCUT2D eigenvalue weighted by Gasteiger charge is -2.08. The topological polar surface area (TPSA) is 80.5 Å². The number of methoxy groups -OCH3 is 1. The van der Waals surface area contributed by atoms with Gasteiger partial charge in [0.05, 0.1) is 7.11 Å². The Morgan fingerprint density at radius 1 is 0.964 bits per heavy atom. The van der Waals surface area contributed by atoms with Crippen molar-refractivity contribution >= 4 is 28.9 Å². The molecule has 0 atom stereocenters. The van der Waals surface area contributed by atoms with Crippen molar-refractivity contribution in [2.24, 2.45) is 0 Å². The number of carbonyl (C=O) groups is 1. The van der Waals surface area contributed by atoms with Crippen molar-refractivity contribution in [3.05, 3.63) is 66.9 Å². The summed E-state index contributed by atoms with van der Waals surface area (Å²) >= 11 is 0. The molecule has 2 heterocycles. The lowest BCUT2D eigenvalue weighted by Crippen LogP contribution is -2.05. The Bertz CT molecular complexity index is 1140. The zero-order valence-corrected chi connectivity index (χ0v) is 15.5. The van der Waals surface area contributed by atoms with Gasteiger partial charge >= 0.3 is 0 Å². The monoisotopic (exact) mass is 373 g/mol. The van der Waals surface area contributed by atoms with E-state index in [1.54, 1.807) is 11.6 Å². The van der Waals surface area contributed by atoms with Crippen LogP contribution < -0.4 is 15.4 Å². The molecule has 0 fully saturated rings. The number of para-hydroxylation sites is 1. The van der Waals surface area contributed by atoms with Crippen LogP contribution >= 0.6 is 0 Å². The Labute approximate surface area is 162 Å². The Kier molecular flexibility index (Phi) is 4.63. The first-order valence-corrected chi connectivity index (χ1v) is 8.77. The number of aromatic nitrogens is 3. The van der Waals surface area contributed by atoms with Crippen LogP contribution in [0, 0.1) is 0 Å². The predicted octanol–water partition coefficient (Wildman–Crippen LogP) is 4.11. The van der Waals surface area contributed by atoms with Crippen LogP contribution in [-0.4, -0.2) is 27.6 Å². The molecule has 0 aliphatic carbocycles. The third-order valence-electron chi connectivity index (χ3n) is 4.22. The zero-order chi connectivity index (χ0) is 19.5. The Morgan fingerprint density at radius 3 is 2.43 bits per heavy atom. The minimum Gasteiger partial charge on any atom is -0.496 e. The minimum atomic E-state index is -0.105. The fraction of sp³-hybridized carbons (Fsp3) is 0.0952. The van der Waals surface area contributed by atoms with Crippen LogP contribution in [0.15, 0.2) is 66.9 Å². The molecule has 4 rings (SSSR count). The smallest absolute Gasteiger partial charge is 0.247 e. The van der Waals surface area contributed by atoms with Gasteiger partial charge in [-0.2, -0.15) is 4.98 Å². The molecule has 140 valence electrons. The van der Waals surface area contributed by atoms with Crippen LogP contribution in [0.2, 0.25) is 0 Å². The molecular formula is C21H19N5O2. The van der Waals surface area contributed by atoms with Crippen LogP contribution in [0.25, 0.3) is 16.8 Å². The zero-order valence-electron chi connectivity index (χ0n) is 15.5. The van der Waals surface area contributed by atoms with E-state index in [2.05, 4.69) is 20.7 Å². The maximum Gasteiger partial charge on any atom is 0.247 e. The van der Waals surface area contributed by atoms with Crippen molar-refractivity contribution in [2.75, 3.05) is 17.7 Å². The molecule has 4 aromatic rings. The van der Waals surface area contributed by atoms with Crippen molar-refractivity contribution in [3.8, 4) is 16.9 Å². The quantitative estimate of drug-likeness (QED) is 0.550. The van der Waals surface area contributed by atoms with Gasteiger partial charge < -0.3 is 15.4 Å². The molecule has 2 N–H and O–H groups in total. The Morgan fingerprint density at radius 2 is 1.68 bits per heavy atom. The lowest BCUT2D eigenvalue weighted by atomic mass is 10.1. The highest BCUT2D eigenvalue weighted by molar-refractivity contribution is 5.89. The molecule has 7 nitrogen and oxygen atoms in total. The molecule has 0 saturated carbocycles. The third-order valence-corrected chi connectivity index (χ3v) is 4.22. The molecule has 0 bridgehead atoms. The molecule has 2 aromatic heterocycles. The fourth-order valence-corrected chi connectivity index (χ4v) is 3.01. The van der Waals surface area contributed by atoms with Crippen molar-refractivity contribution in [3.63, 3.8) is 0 Å². The summed E-state index contributed by atoms with van der Waals surface area (Å²) in [6.45, 7) is 1.48. The summed E-state index contributed by atoms with van der Waals surface area (Å²) in [6.07, 6.45) is 1.85. The van der Waals surface area contributed by atoms with E-state index in [-0.39, 0.29) is 5.91 Å². The van der Waals surface area contributed by atoms with Crippen LogP contribution in [-0.2, 0) is 4.79 Å². The molecule has 7 heteroatoms. The molecule has 0 unspecified atom stereocenters. The normalized spacial score (nSPS) is 10.6. The minimum absolute atomic E-state index is 0.105. The summed E-state index contributed by atoms with van der Waals surface area (Å²) in [4.78, 5) is 15.8. The van der Waals surface area contributed by atoms with Gasteiger partial charge in [0.2, 0.25) is 11.9 Å². The highest BCUT2D eigenvalue weighted by Crippen LogP contribution is 2.32. The van der Waals surface area contributed by atoms with Gasteiger partial charge in [-0.1, -0.05) is 18.2 Å². The highest BCUT2D eigenvalue weighted by atomic mass is 16.5. The van der Waals surface area contributed by atoms with E-state index in [0.717, 1.165) is 33.9 Å². The number of fused-ring (bicyclic) bond motifs is 1. The maximum absolute atomic E-state index is 11.1. The highest BCUT2D eigenvalue weighted by Gasteiger charge is 2.13. The number of nitrogens with one attached hydrogen (secondary N) is 2. The summed E-state index contributed by atoms with van der Waals surface area (Å²) in [5.74, 6) is 1.16. The second kappa shape index (κ2) is 7.40. The number of amides is 1. The second-order valence-corrected chi connectivity index (χ2v) is 6.21. The van der Waals surface area contributed by atoms with Crippen molar-refractivity contribution < 1.29 is 9.53 Å².